The van der Waals surface area contributed by atoms with Crippen molar-refractivity contribution in [2.45, 2.75) is 45.6 Å². The lowest BCUT2D eigenvalue weighted by Crippen LogP contribution is -2.35. The van der Waals surface area contributed by atoms with Crippen molar-refractivity contribution >= 4 is 5.97 Å². The molecule has 4 nitrogen and oxygen atoms in total. The van der Waals surface area contributed by atoms with E-state index >= 15 is 0 Å². The standard InChI is InChI=1S/C20H30O4/c1-5-13-20(14-6-2,19(21)23-7-3)15-18(24-16-22-4)17-11-9-8-10-12-17/h5,8-12,18H,1,6-7,13-16H2,2-4H3/t18-,20-/m1/s1. The molecule has 2 atom stereocenters. The zero-order chi connectivity index (χ0) is 17.8. The summed E-state index contributed by atoms with van der Waals surface area (Å²) in [6.45, 7) is 8.30. The number of rotatable bonds is 12. The average molecular weight is 334 g/mol. The van der Waals surface area contributed by atoms with Crippen LogP contribution in [0.25, 0.3) is 0 Å². The number of benzene rings is 1. The monoisotopic (exact) mass is 334 g/mol. The first-order valence-electron chi connectivity index (χ1n) is 8.57. The maximum absolute atomic E-state index is 12.7. The van der Waals surface area contributed by atoms with Crippen molar-refractivity contribution in [2.24, 2.45) is 5.41 Å². The van der Waals surface area contributed by atoms with Crippen molar-refractivity contribution in [1.29, 1.82) is 0 Å². The van der Waals surface area contributed by atoms with Crippen LogP contribution in [0.4, 0.5) is 0 Å². The van der Waals surface area contributed by atoms with Crippen molar-refractivity contribution in [2.75, 3.05) is 20.5 Å². The molecule has 4 heteroatoms. The van der Waals surface area contributed by atoms with E-state index in [-0.39, 0.29) is 18.9 Å². The number of hydrogen-bond donors (Lipinski definition) is 0. The molecule has 0 aromatic heterocycles. The van der Waals surface area contributed by atoms with Gasteiger partial charge in [-0.1, -0.05) is 49.8 Å². The third-order valence-electron chi connectivity index (χ3n) is 4.11. The van der Waals surface area contributed by atoms with Gasteiger partial charge in [-0.2, -0.15) is 0 Å². The van der Waals surface area contributed by atoms with Gasteiger partial charge in [0, 0.05) is 7.11 Å². The van der Waals surface area contributed by atoms with Gasteiger partial charge >= 0.3 is 5.97 Å². The zero-order valence-corrected chi connectivity index (χ0v) is 15.1. The normalized spacial score (nSPS) is 14.6. The summed E-state index contributed by atoms with van der Waals surface area (Å²) in [4.78, 5) is 12.7. The highest BCUT2D eigenvalue weighted by Gasteiger charge is 2.40. The molecular formula is C20H30O4. The fourth-order valence-electron chi connectivity index (χ4n) is 3.04. The highest BCUT2D eigenvalue weighted by molar-refractivity contribution is 5.77. The lowest BCUT2D eigenvalue weighted by Gasteiger charge is -2.34. The lowest BCUT2D eigenvalue weighted by molar-refractivity contribution is -0.161. The number of hydrogen-bond acceptors (Lipinski definition) is 4. The van der Waals surface area contributed by atoms with Crippen molar-refractivity contribution in [3.8, 4) is 0 Å². The Morgan fingerprint density at radius 1 is 1.29 bits per heavy atom. The Morgan fingerprint density at radius 3 is 2.54 bits per heavy atom. The van der Waals surface area contributed by atoms with E-state index in [4.69, 9.17) is 14.2 Å². The van der Waals surface area contributed by atoms with E-state index in [1.807, 2.05) is 37.3 Å². The van der Waals surface area contributed by atoms with Crippen LogP contribution in [-0.4, -0.2) is 26.5 Å². The topological polar surface area (TPSA) is 44.8 Å². The fraction of sp³-hybridized carbons (Fsp3) is 0.550. The van der Waals surface area contributed by atoms with Gasteiger partial charge < -0.3 is 14.2 Å². The molecule has 0 saturated carbocycles. The molecular weight excluding hydrogens is 304 g/mol. The second kappa shape index (κ2) is 11.0. The van der Waals surface area contributed by atoms with E-state index in [1.165, 1.54) is 0 Å². The number of allylic oxidation sites excluding steroid dienone is 1. The Balaban J connectivity index is 3.12. The summed E-state index contributed by atoms with van der Waals surface area (Å²) in [5, 5.41) is 0. The maximum atomic E-state index is 12.7. The van der Waals surface area contributed by atoms with E-state index in [1.54, 1.807) is 13.2 Å². The van der Waals surface area contributed by atoms with Gasteiger partial charge in [-0.05, 0) is 31.7 Å². The van der Waals surface area contributed by atoms with Gasteiger partial charge in [0.1, 0.15) is 6.79 Å². The van der Waals surface area contributed by atoms with Crippen molar-refractivity contribution in [3.05, 3.63) is 48.6 Å². The second-order valence-electron chi connectivity index (χ2n) is 5.92. The van der Waals surface area contributed by atoms with Crippen LogP contribution in [0.5, 0.6) is 0 Å². The number of carbonyl (C=O) groups is 1. The summed E-state index contributed by atoms with van der Waals surface area (Å²) in [6, 6.07) is 9.92. The molecule has 0 N–H and O–H groups in total. The van der Waals surface area contributed by atoms with Gasteiger partial charge in [0.15, 0.2) is 0 Å². The number of methoxy groups -OCH3 is 1. The minimum atomic E-state index is -0.624. The first-order chi connectivity index (χ1) is 11.6. The summed E-state index contributed by atoms with van der Waals surface area (Å²) in [5.74, 6) is -0.173. The summed E-state index contributed by atoms with van der Waals surface area (Å²) in [7, 11) is 1.59. The summed E-state index contributed by atoms with van der Waals surface area (Å²) in [6.07, 6.45) is 4.29. The molecule has 24 heavy (non-hydrogen) atoms. The Labute approximate surface area is 145 Å². The third-order valence-corrected chi connectivity index (χ3v) is 4.11. The molecule has 134 valence electrons. The molecule has 0 unspecified atom stereocenters. The molecule has 1 aromatic rings. The molecule has 0 fully saturated rings. The van der Waals surface area contributed by atoms with Crippen LogP contribution in [0.15, 0.2) is 43.0 Å². The van der Waals surface area contributed by atoms with Gasteiger partial charge in [0.25, 0.3) is 0 Å². The molecule has 0 aliphatic heterocycles. The zero-order valence-electron chi connectivity index (χ0n) is 15.1. The van der Waals surface area contributed by atoms with Crippen LogP contribution in [0.2, 0.25) is 0 Å². The van der Waals surface area contributed by atoms with Gasteiger partial charge in [0.2, 0.25) is 0 Å². The van der Waals surface area contributed by atoms with E-state index in [9.17, 15) is 4.79 Å². The van der Waals surface area contributed by atoms with Crippen molar-refractivity contribution < 1.29 is 19.0 Å². The predicted molar refractivity (Wildman–Crippen MR) is 95.5 cm³/mol. The molecule has 0 amide bonds. The molecule has 0 bridgehead atoms. The largest absolute Gasteiger partial charge is 0.466 e. The number of carbonyl (C=O) groups excluding carboxylic acids is 1. The molecule has 1 rings (SSSR count). The molecule has 0 aliphatic carbocycles. The third kappa shape index (κ3) is 5.77. The fourth-order valence-corrected chi connectivity index (χ4v) is 3.04. The van der Waals surface area contributed by atoms with E-state index in [0.29, 0.717) is 19.4 Å². The smallest absolute Gasteiger partial charge is 0.312 e. The summed E-state index contributed by atoms with van der Waals surface area (Å²) in [5.41, 5.74) is 0.407. The highest BCUT2D eigenvalue weighted by atomic mass is 16.7. The molecule has 0 aliphatic rings. The molecule has 0 spiro atoms. The van der Waals surface area contributed by atoms with Gasteiger partial charge in [-0.3, -0.25) is 4.79 Å². The SMILES string of the molecule is C=CC[C@@](CCC)(C[C@@H](OCOC)c1ccccc1)C(=O)OCC. The summed E-state index contributed by atoms with van der Waals surface area (Å²) >= 11 is 0. The Kier molecular flexibility index (Phi) is 9.35. The Bertz CT molecular complexity index is 486. The maximum Gasteiger partial charge on any atom is 0.312 e. The minimum Gasteiger partial charge on any atom is -0.466 e. The quantitative estimate of drug-likeness (QED) is 0.317. The average Bonchev–Trinajstić information content (AvgIpc) is 2.59. The van der Waals surface area contributed by atoms with Crippen LogP contribution in [0.3, 0.4) is 0 Å². The van der Waals surface area contributed by atoms with Crippen LogP contribution in [0.1, 0.15) is 51.2 Å². The second-order valence-corrected chi connectivity index (χ2v) is 5.92. The van der Waals surface area contributed by atoms with E-state index < -0.39 is 5.41 Å². The number of ether oxygens (including phenoxy) is 3. The molecule has 0 radical (unpaired) electrons. The van der Waals surface area contributed by atoms with Crippen LogP contribution in [-0.2, 0) is 19.0 Å². The highest BCUT2D eigenvalue weighted by Crippen LogP contribution is 2.41. The van der Waals surface area contributed by atoms with E-state index in [2.05, 4.69) is 13.5 Å². The van der Waals surface area contributed by atoms with E-state index in [0.717, 1.165) is 18.4 Å². The Morgan fingerprint density at radius 2 is 2.00 bits per heavy atom. The molecule has 0 heterocycles. The van der Waals surface area contributed by atoms with Crippen LogP contribution < -0.4 is 0 Å². The predicted octanol–water partition coefficient (Wildman–Crippen LogP) is 4.66. The van der Waals surface area contributed by atoms with Crippen molar-refractivity contribution in [1.82, 2.24) is 0 Å². The van der Waals surface area contributed by atoms with Crippen LogP contribution in [0, 0.1) is 5.41 Å². The number of esters is 1. The van der Waals surface area contributed by atoms with Gasteiger partial charge in [0.05, 0.1) is 18.1 Å². The minimum absolute atomic E-state index is 0.173. The van der Waals surface area contributed by atoms with Crippen LogP contribution >= 0.6 is 0 Å². The lowest BCUT2D eigenvalue weighted by atomic mass is 9.74. The van der Waals surface area contributed by atoms with Gasteiger partial charge in [-0.15, -0.1) is 6.58 Å². The Hall–Kier alpha value is -1.65. The van der Waals surface area contributed by atoms with Crippen molar-refractivity contribution in [3.63, 3.8) is 0 Å². The summed E-state index contributed by atoms with van der Waals surface area (Å²) < 4.78 is 16.3. The first kappa shape index (κ1) is 20.4. The molecule has 1 aromatic carbocycles. The van der Waals surface area contributed by atoms with Gasteiger partial charge in [-0.25, -0.2) is 0 Å². The molecule has 0 saturated heterocycles. The first-order valence-corrected chi connectivity index (χ1v) is 8.57.